The summed E-state index contributed by atoms with van der Waals surface area (Å²) in [6.45, 7) is 2.66. The first-order chi connectivity index (χ1) is 9.29. The van der Waals surface area contributed by atoms with Crippen molar-refractivity contribution in [2.45, 2.75) is 19.8 Å². The summed E-state index contributed by atoms with van der Waals surface area (Å²) < 4.78 is 5.47. The van der Waals surface area contributed by atoms with E-state index in [1.54, 1.807) is 30.9 Å². The Bertz CT molecular complexity index is 541. The van der Waals surface area contributed by atoms with Crippen molar-refractivity contribution < 1.29 is 9.53 Å². The van der Waals surface area contributed by atoms with Gasteiger partial charge in [-0.15, -0.1) is 0 Å². The van der Waals surface area contributed by atoms with Crippen LogP contribution in [0.5, 0.6) is 5.75 Å². The molecule has 0 saturated heterocycles. The van der Waals surface area contributed by atoms with E-state index >= 15 is 0 Å². The first-order valence-electron chi connectivity index (χ1n) is 6.29. The van der Waals surface area contributed by atoms with E-state index in [0.29, 0.717) is 24.3 Å². The van der Waals surface area contributed by atoms with Crippen LogP contribution in [0.2, 0.25) is 0 Å². The SMILES string of the molecule is CCCOc1cncc(C(=O)Cc2cccnc2)c1. The molecule has 0 amide bonds. The van der Waals surface area contributed by atoms with Gasteiger partial charge in [0.15, 0.2) is 5.78 Å². The van der Waals surface area contributed by atoms with Crippen molar-refractivity contribution in [1.29, 1.82) is 0 Å². The Labute approximate surface area is 112 Å². The minimum atomic E-state index is 0.0162. The summed E-state index contributed by atoms with van der Waals surface area (Å²) in [5.41, 5.74) is 1.46. The molecule has 0 bridgehead atoms. The molecule has 0 spiro atoms. The number of pyridine rings is 2. The number of hydrogen-bond donors (Lipinski definition) is 0. The second-order valence-corrected chi connectivity index (χ2v) is 4.22. The third kappa shape index (κ3) is 3.88. The molecule has 4 heteroatoms. The number of carbonyl (C=O) groups excluding carboxylic acids is 1. The van der Waals surface area contributed by atoms with E-state index in [1.807, 2.05) is 19.1 Å². The summed E-state index contributed by atoms with van der Waals surface area (Å²) in [6, 6.07) is 5.44. The number of carbonyl (C=O) groups is 1. The largest absolute Gasteiger partial charge is 0.492 e. The highest BCUT2D eigenvalue weighted by Gasteiger charge is 2.09. The van der Waals surface area contributed by atoms with Crippen molar-refractivity contribution in [2.24, 2.45) is 0 Å². The molecule has 0 aliphatic carbocycles. The third-order valence-corrected chi connectivity index (χ3v) is 2.60. The second-order valence-electron chi connectivity index (χ2n) is 4.22. The van der Waals surface area contributed by atoms with E-state index in [9.17, 15) is 4.79 Å². The molecule has 0 N–H and O–H groups in total. The number of Topliss-reactive ketones (excluding diaryl/α,β-unsaturated/α-hetero) is 1. The number of aromatic nitrogens is 2. The number of rotatable bonds is 6. The third-order valence-electron chi connectivity index (χ3n) is 2.60. The highest BCUT2D eigenvalue weighted by Crippen LogP contribution is 2.13. The van der Waals surface area contributed by atoms with E-state index in [4.69, 9.17) is 4.74 Å². The van der Waals surface area contributed by atoms with Gasteiger partial charge >= 0.3 is 0 Å². The van der Waals surface area contributed by atoms with Crippen LogP contribution in [0, 0.1) is 0 Å². The van der Waals surface area contributed by atoms with Gasteiger partial charge in [0, 0.05) is 30.6 Å². The molecule has 0 unspecified atom stereocenters. The van der Waals surface area contributed by atoms with Crippen molar-refractivity contribution in [3.8, 4) is 5.75 Å². The number of ether oxygens (including phenoxy) is 1. The smallest absolute Gasteiger partial charge is 0.168 e. The summed E-state index contributed by atoms with van der Waals surface area (Å²) in [7, 11) is 0. The number of hydrogen-bond acceptors (Lipinski definition) is 4. The quantitative estimate of drug-likeness (QED) is 0.746. The Balaban J connectivity index is 2.06. The van der Waals surface area contributed by atoms with Gasteiger partial charge in [0.1, 0.15) is 5.75 Å². The molecule has 0 atom stereocenters. The summed E-state index contributed by atoms with van der Waals surface area (Å²) >= 11 is 0. The summed E-state index contributed by atoms with van der Waals surface area (Å²) in [5, 5.41) is 0. The van der Waals surface area contributed by atoms with Crippen LogP contribution in [-0.4, -0.2) is 22.4 Å². The lowest BCUT2D eigenvalue weighted by molar-refractivity contribution is 0.0992. The first-order valence-corrected chi connectivity index (χ1v) is 6.29. The molecule has 0 saturated carbocycles. The fraction of sp³-hybridized carbons (Fsp3) is 0.267. The van der Waals surface area contributed by atoms with Gasteiger partial charge in [0.25, 0.3) is 0 Å². The van der Waals surface area contributed by atoms with E-state index in [-0.39, 0.29) is 5.78 Å². The average molecular weight is 256 g/mol. The molecule has 0 aliphatic heterocycles. The maximum absolute atomic E-state index is 12.1. The summed E-state index contributed by atoms with van der Waals surface area (Å²) in [5.74, 6) is 0.654. The van der Waals surface area contributed by atoms with Crippen LogP contribution in [0.4, 0.5) is 0 Å². The minimum absolute atomic E-state index is 0.0162. The lowest BCUT2D eigenvalue weighted by Gasteiger charge is -2.06. The van der Waals surface area contributed by atoms with Gasteiger partial charge in [0.2, 0.25) is 0 Å². The van der Waals surface area contributed by atoms with Gasteiger partial charge in [-0.3, -0.25) is 14.8 Å². The normalized spacial score (nSPS) is 10.2. The number of nitrogens with zero attached hydrogens (tertiary/aromatic N) is 2. The molecule has 0 aliphatic rings. The first kappa shape index (κ1) is 13.2. The van der Waals surface area contributed by atoms with Gasteiger partial charge in [-0.25, -0.2) is 0 Å². The highest BCUT2D eigenvalue weighted by molar-refractivity contribution is 5.97. The Morgan fingerprint density at radius 3 is 2.89 bits per heavy atom. The Kier molecular flexibility index (Phi) is 4.61. The molecule has 0 radical (unpaired) electrons. The van der Waals surface area contributed by atoms with Crippen molar-refractivity contribution in [1.82, 2.24) is 9.97 Å². The van der Waals surface area contributed by atoms with E-state index in [0.717, 1.165) is 12.0 Å². The summed E-state index contributed by atoms with van der Waals surface area (Å²) in [6.07, 6.45) is 7.83. The van der Waals surface area contributed by atoms with Crippen LogP contribution in [0.1, 0.15) is 29.3 Å². The molecule has 2 heterocycles. The zero-order chi connectivity index (χ0) is 13.5. The van der Waals surface area contributed by atoms with E-state index in [2.05, 4.69) is 9.97 Å². The van der Waals surface area contributed by atoms with Crippen molar-refractivity contribution in [3.63, 3.8) is 0 Å². The van der Waals surface area contributed by atoms with Crippen LogP contribution in [0.3, 0.4) is 0 Å². The van der Waals surface area contributed by atoms with Gasteiger partial charge in [-0.05, 0) is 24.1 Å². The van der Waals surface area contributed by atoms with Gasteiger partial charge < -0.3 is 4.74 Å². The zero-order valence-electron chi connectivity index (χ0n) is 10.9. The van der Waals surface area contributed by atoms with Gasteiger partial charge in [0.05, 0.1) is 12.8 Å². The maximum atomic E-state index is 12.1. The molecule has 2 aromatic rings. The molecule has 19 heavy (non-hydrogen) atoms. The maximum Gasteiger partial charge on any atom is 0.168 e. The Morgan fingerprint density at radius 1 is 1.26 bits per heavy atom. The minimum Gasteiger partial charge on any atom is -0.492 e. The molecule has 4 nitrogen and oxygen atoms in total. The van der Waals surface area contributed by atoms with Crippen molar-refractivity contribution >= 4 is 5.78 Å². The molecule has 2 rings (SSSR count). The highest BCUT2D eigenvalue weighted by atomic mass is 16.5. The van der Waals surface area contributed by atoms with E-state index < -0.39 is 0 Å². The van der Waals surface area contributed by atoms with Crippen LogP contribution < -0.4 is 4.74 Å². The Morgan fingerprint density at radius 2 is 2.16 bits per heavy atom. The molecule has 98 valence electrons. The second kappa shape index (κ2) is 6.64. The van der Waals surface area contributed by atoms with Crippen LogP contribution >= 0.6 is 0 Å². The fourth-order valence-corrected chi connectivity index (χ4v) is 1.66. The van der Waals surface area contributed by atoms with Gasteiger partial charge in [-0.1, -0.05) is 13.0 Å². The van der Waals surface area contributed by atoms with Gasteiger partial charge in [-0.2, -0.15) is 0 Å². The summed E-state index contributed by atoms with van der Waals surface area (Å²) in [4.78, 5) is 20.2. The van der Waals surface area contributed by atoms with Crippen molar-refractivity contribution in [3.05, 3.63) is 54.1 Å². The molecule has 2 aromatic heterocycles. The standard InChI is InChI=1S/C15H16N2O2/c1-2-6-19-14-8-13(10-17-11-14)15(18)7-12-4-3-5-16-9-12/h3-5,8-11H,2,6-7H2,1H3. The Hall–Kier alpha value is -2.23. The van der Waals surface area contributed by atoms with Crippen LogP contribution in [0.25, 0.3) is 0 Å². The predicted octanol–water partition coefficient (Wildman–Crippen LogP) is 2.69. The van der Waals surface area contributed by atoms with Crippen molar-refractivity contribution in [2.75, 3.05) is 6.61 Å². The lowest BCUT2D eigenvalue weighted by atomic mass is 10.1. The molecular formula is C15H16N2O2. The monoisotopic (exact) mass is 256 g/mol. The molecule has 0 fully saturated rings. The number of ketones is 1. The van der Waals surface area contributed by atoms with Crippen LogP contribution in [0.15, 0.2) is 43.0 Å². The zero-order valence-corrected chi connectivity index (χ0v) is 10.9. The predicted molar refractivity (Wildman–Crippen MR) is 72.3 cm³/mol. The van der Waals surface area contributed by atoms with E-state index in [1.165, 1.54) is 0 Å². The average Bonchev–Trinajstić information content (AvgIpc) is 2.46. The lowest BCUT2D eigenvalue weighted by Crippen LogP contribution is -2.05. The molecular weight excluding hydrogens is 240 g/mol. The van der Waals surface area contributed by atoms with Crippen LogP contribution in [-0.2, 0) is 6.42 Å². The molecule has 0 aromatic carbocycles. The topological polar surface area (TPSA) is 52.1 Å². The fourth-order valence-electron chi connectivity index (χ4n) is 1.66.